The summed E-state index contributed by atoms with van der Waals surface area (Å²) >= 11 is 1.40. The number of carbonyl (C=O) groups is 1. The zero-order chi connectivity index (χ0) is 20.5. The van der Waals surface area contributed by atoms with Crippen LogP contribution in [0.25, 0.3) is 10.2 Å². The molecule has 7 heteroatoms. The summed E-state index contributed by atoms with van der Waals surface area (Å²) in [6.45, 7) is 5.95. The lowest BCUT2D eigenvalue weighted by atomic mass is 10.1. The fraction of sp³-hybridized carbons (Fsp3) is 0.238. The zero-order valence-electron chi connectivity index (χ0n) is 15.9. The van der Waals surface area contributed by atoms with Crippen LogP contribution in [0.5, 0.6) is 0 Å². The van der Waals surface area contributed by atoms with E-state index in [1.54, 1.807) is 6.92 Å². The van der Waals surface area contributed by atoms with Crippen LogP contribution in [0, 0.1) is 26.2 Å². The smallest absolute Gasteiger partial charge is 0.279 e. The van der Waals surface area contributed by atoms with E-state index in [1.807, 2.05) is 24.5 Å². The number of fused-ring (bicyclic) bond motifs is 1. The molecule has 2 aromatic carbocycles. The summed E-state index contributed by atoms with van der Waals surface area (Å²) in [7, 11) is -3.31. The van der Waals surface area contributed by atoms with E-state index in [9.17, 15) is 13.2 Å². The minimum absolute atomic E-state index is 0.0113. The van der Waals surface area contributed by atoms with Crippen molar-refractivity contribution in [3.63, 3.8) is 0 Å². The Morgan fingerprint density at radius 1 is 1.18 bits per heavy atom. The van der Waals surface area contributed by atoms with Gasteiger partial charge in [0.25, 0.3) is 5.91 Å². The Kier molecular flexibility index (Phi) is 5.54. The van der Waals surface area contributed by atoms with Gasteiger partial charge in [0.1, 0.15) is 0 Å². The van der Waals surface area contributed by atoms with Crippen molar-refractivity contribution in [2.24, 2.45) is 4.99 Å². The SMILES string of the molecule is C#CCn1c(=NC(=O)c2ccc(S(=O)(=O)CC)cc2)sc2cc(C)c(C)cc21. The summed E-state index contributed by atoms with van der Waals surface area (Å²) in [5, 5.41) is 0. The van der Waals surface area contributed by atoms with Crippen LogP contribution in [-0.2, 0) is 16.4 Å². The summed E-state index contributed by atoms with van der Waals surface area (Å²) in [5.74, 6) is 2.18. The lowest BCUT2D eigenvalue weighted by Crippen LogP contribution is -2.16. The van der Waals surface area contributed by atoms with Crippen molar-refractivity contribution in [2.45, 2.75) is 32.2 Å². The van der Waals surface area contributed by atoms with Crippen molar-refractivity contribution in [1.82, 2.24) is 4.57 Å². The molecule has 0 N–H and O–H groups in total. The average Bonchev–Trinajstić information content (AvgIpc) is 2.99. The van der Waals surface area contributed by atoms with E-state index in [-0.39, 0.29) is 10.6 Å². The molecule has 0 bridgehead atoms. The molecule has 144 valence electrons. The third-order valence-corrected chi connectivity index (χ3v) is 7.38. The van der Waals surface area contributed by atoms with E-state index in [1.165, 1.54) is 35.6 Å². The second kappa shape index (κ2) is 7.74. The number of rotatable bonds is 4. The molecule has 0 aliphatic rings. The molecule has 0 aliphatic carbocycles. The number of hydrogen-bond acceptors (Lipinski definition) is 4. The van der Waals surface area contributed by atoms with Crippen molar-refractivity contribution in [2.75, 3.05) is 5.75 Å². The first kappa shape index (κ1) is 20.1. The first-order valence-corrected chi connectivity index (χ1v) is 11.2. The predicted octanol–water partition coefficient (Wildman–Crippen LogP) is 3.49. The Morgan fingerprint density at radius 2 is 1.82 bits per heavy atom. The molecule has 0 fully saturated rings. The van der Waals surface area contributed by atoms with E-state index in [2.05, 4.69) is 17.0 Å². The lowest BCUT2D eigenvalue weighted by molar-refractivity contribution is 0.0998. The lowest BCUT2D eigenvalue weighted by Gasteiger charge is -2.03. The molecule has 0 spiro atoms. The Labute approximate surface area is 168 Å². The second-order valence-electron chi connectivity index (χ2n) is 6.42. The summed E-state index contributed by atoms with van der Waals surface area (Å²) in [6, 6.07) is 9.97. The van der Waals surface area contributed by atoms with E-state index in [0.717, 1.165) is 21.3 Å². The third-order valence-electron chi connectivity index (χ3n) is 4.59. The summed E-state index contributed by atoms with van der Waals surface area (Å²) in [5.41, 5.74) is 3.57. The molecule has 1 amide bonds. The number of sulfone groups is 1. The maximum Gasteiger partial charge on any atom is 0.279 e. The average molecular weight is 413 g/mol. The zero-order valence-corrected chi connectivity index (χ0v) is 17.5. The molecule has 1 aromatic heterocycles. The van der Waals surface area contributed by atoms with Crippen molar-refractivity contribution in [1.29, 1.82) is 0 Å². The van der Waals surface area contributed by atoms with E-state index < -0.39 is 15.7 Å². The molecular formula is C21H20N2O3S2. The minimum Gasteiger partial charge on any atom is -0.305 e. The van der Waals surface area contributed by atoms with Crippen LogP contribution in [0.15, 0.2) is 46.3 Å². The molecule has 3 rings (SSSR count). The summed E-state index contributed by atoms with van der Waals surface area (Å²) in [6.07, 6.45) is 5.51. The normalized spacial score (nSPS) is 12.3. The Hall–Kier alpha value is -2.69. The molecule has 5 nitrogen and oxygen atoms in total. The van der Waals surface area contributed by atoms with Gasteiger partial charge in [-0.3, -0.25) is 4.79 Å². The number of hydrogen-bond donors (Lipinski definition) is 0. The van der Waals surface area contributed by atoms with Crippen LogP contribution >= 0.6 is 11.3 Å². The van der Waals surface area contributed by atoms with Gasteiger partial charge in [0.2, 0.25) is 0 Å². The van der Waals surface area contributed by atoms with Crippen LogP contribution in [0.4, 0.5) is 0 Å². The van der Waals surface area contributed by atoms with E-state index >= 15 is 0 Å². The maximum atomic E-state index is 12.6. The topological polar surface area (TPSA) is 68.5 Å². The number of benzene rings is 2. The third kappa shape index (κ3) is 3.79. The van der Waals surface area contributed by atoms with Crippen LogP contribution in [0.2, 0.25) is 0 Å². The first-order chi connectivity index (χ1) is 13.3. The molecule has 1 heterocycles. The molecule has 0 atom stereocenters. The van der Waals surface area contributed by atoms with Crippen LogP contribution < -0.4 is 4.80 Å². The highest BCUT2D eigenvalue weighted by Gasteiger charge is 2.13. The van der Waals surface area contributed by atoms with Gasteiger partial charge in [-0.05, 0) is 61.4 Å². The molecule has 3 aromatic rings. The predicted molar refractivity (Wildman–Crippen MR) is 112 cm³/mol. The van der Waals surface area contributed by atoms with Crippen LogP contribution in [0.1, 0.15) is 28.4 Å². The number of aromatic nitrogens is 1. The number of carbonyl (C=O) groups excluding carboxylic acids is 1. The number of nitrogens with zero attached hydrogens (tertiary/aromatic N) is 2. The van der Waals surface area contributed by atoms with Crippen molar-refractivity contribution in [3.05, 3.63) is 57.9 Å². The fourth-order valence-electron chi connectivity index (χ4n) is 2.77. The van der Waals surface area contributed by atoms with Gasteiger partial charge < -0.3 is 4.57 Å². The van der Waals surface area contributed by atoms with Gasteiger partial charge in [0.15, 0.2) is 14.6 Å². The van der Waals surface area contributed by atoms with E-state index in [0.29, 0.717) is 16.9 Å². The quantitative estimate of drug-likeness (QED) is 0.616. The number of aryl methyl sites for hydroxylation is 2. The highest BCUT2D eigenvalue weighted by Crippen LogP contribution is 2.22. The summed E-state index contributed by atoms with van der Waals surface area (Å²) < 4.78 is 26.7. The maximum absolute atomic E-state index is 12.6. The molecule has 0 aliphatic heterocycles. The molecule has 0 radical (unpaired) electrons. The van der Waals surface area contributed by atoms with Gasteiger partial charge in [-0.1, -0.05) is 24.2 Å². The second-order valence-corrected chi connectivity index (χ2v) is 9.71. The summed E-state index contributed by atoms with van der Waals surface area (Å²) in [4.78, 5) is 17.6. The Morgan fingerprint density at radius 3 is 2.43 bits per heavy atom. The van der Waals surface area contributed by atoms with Crippen molar-refractivity contribution >= 4 is 37.3 Å². The monoisotopic (exact) mass is 412 g/mol. The van der Waals surface area contributed by atoms with Crippen LogP contribution in [-0.4, -0.2) is 24.6 Å². The van der Waals surface area contributed by atoms with Crippen molar-refractivity contribution < 1.29 is 13.2 Å². The molecular weight excluding hydrogens is 392 g/mol. The Balaban J connectivity index is 2.08. The van der Waals surface area contributed by atoms with E-state index in [4.69, 9.17) is 6.42 Å². The minimum atomic E-state index is -3.31. The van der Waals surface area contributed by atoms with Gasteiger partial charge in [-0.2, -0.15) is 4.99 Å². The largest absolute Gasteiger partial charge is 0.305 e. The first-order valence-electron chi connectivity index (χ1n) is 8.72. The molecule has 0 saturated heterocycles. The van der Waals surface area contributed by atoms with Gasteiger partial charge in [-0.15, -0.1) is 6.42 Å². The Bertz CT molecular complexity index is 1270. The number of terminal acetylenes is 1. The number of amides is 1. The highest BCUT2D eigenvalue weighted by atomic mass is 32.2. The standard InChI is InChI=1S/C21H20N2O3S2/c1-5-11-23-18-12-14(3)15(4)13-19(18)27-21(23)22-20(24)16-7-9-17(10-8-16)28(25,26)6-2/h1,7-10,12-13H,6,11H2,2-4H3. The fourth-order valence-corrected chi connectivity index (χ4v) is 4.77. The van der Waals surface area contributed by atoms with Crippen molar-refractivity contribution in [3.8, 4) is 12.3 Å². The molecule has 0 saturated carbocycles. The van der Waals surface area contributed by atoms with Crippen LogP contribution in [0.3, 0.4) is 0 Å². The molecule has 28 heavy (non-hydrogen) atoms. The number of thiazole rings is 1. The van der Waals surface area contributed by atoms with Gasteiger partial charge >= 0.3 is 0 Å². The highest BCUT2D eigenvalue weighted by molar-refractivity contribution is 7.91. The van der Waals surface area contributed by atoms with Gasteiger partial charge in [0, 0.05) is 5.56 Å². The van der Waals surface area contributed by atoms with Gasteiger partial charge in [-0.25, -0.2) is 8.42 Å². The molecule has 0 unspecified atom stereocenters. The van der Waals surface area contributed by atoms with Gasteiger partial charge in [0.05, 0.1) is 27.4 Å².